The average Bonchev–Trinajstić information content (AvgIpc) is 3.09. The van der Waals surface area contributed by atoms with E-state index in [2.05, 4.69) is 19.9 Å². The van der Waals surface area contributed by atoms with Crippen molar-refractivity contribution in [1.82, 2.24) is 15.2 Å². The number of nitrogens with one attached hydrogen (secondary N) is 2. The molecule has 2 N–H and O–H groups in total. The first-order valence-corrected chi connectivity index (χ1v) is 7.57. The minimum Gasteiger partial charge on any atom is -0.441 e. The quantitative estimate of drug-likeness (QED) is 0.769. The lowest BCUT2D eigenvalue weighted by Crippen LogP contribution is -2.12. The molecule has 0 aliphatic heterocycles. The van der Waals surface area contributed by atoms with Crippen molar-refractivity contribution in [3.05, 3.63) is 48.6 Å². The van der Waals surface area contributed by atoms with E-state index in [4.69, 9.17) is 4.42 Å². The van der Waals surface area contributed by atoms with Crippen LogP contribution in [0.1, 0.15) is 5.76 Å². The highest BCUT2D eigenvalue weighted by Crippen LogP contribution is 2.23. The maximum absolute atomic E-state index is 12.1. The molecule has 108 valence electrons. The van der Waals surface area contributed by atoms with E-state index in [1.165, 1.54) is 12.4 Å². The summed E-state index contributed by atoms with van der Waals surface area (Å²) in [6, 6.07) is 6.82. The van der Waals surface area contributed by atoms with Crippen molar-refractivity contribution in [3.8, 4) is 11.5 Å². The Hall–Kier alpha value is -2.61. The number of hydrogen-bond acceptors (Lipinski definition) is 5. The number of hydrogen-bond donors (Lipinski definition) is 2. The second kappa shape index (κ2) is 5.06. The summed E-state index contributed by atoms with van der Waals surface area (Å²) in [7, 11) is -3.66. The van der Waals surface area contributed by atoms with Crippen LogP contribution in [0.4, 0.5) is 5.69 Å². The van der Waals surface area contributed by atoms with Crippen molar-refractivity contribution in [2.45, 2.75) is 11.8 Å². The predicted molar refractivity (Wildman–Crippen MR) is 76.1 cm³/mol. The molecule has 2 heterocycles. The molecule has 0 saturated carbocycles. The van der Waals surface area contributed by atoms with Gasteiger partial charge in [0.25, 0.3) is 10.0 Å². The number of sulfonamides is 1. The summed E-state index contributed by atoms with van der Waals surface area (Å²) in [6.07, 6.45) is 4.16. The van der Waals surface area contributed by atoms with E-state index in [1.54, 1.807) is 37.4 Å². The van der Waals surface area contributed by atoms with Gasteiger partial charge in [0.2, 0.25) is 5.89 Å². The lowest BCUT2D eigenvalue weighted by molar-refractivity contribution is 0.542. The summed E-state index contributed by atoms with van der Waals surface area (Å²) >= 11 is 0. The van der Waals surface area contributed by atoms with Crippen LogP contribution < -0.4 is 4.72 Å². The Morgan fingerprint density at radius 2 is 2.14 bits per heavy atom. The number of oxazole rings is 1. The summed E-state index contributed by atoms with van der Waals surface area (Å²) in [5.41, 5.74) is 1.11. The topological polar surface area (TPSA) is 101 Å². The number of benzene rings is 1. The van der Waals surface area contributed by atoms with Crippen LogP contribution in [0.25, 0.3) is 11.5 Å². The van der Waals surface area contributed by atoms with Gasteiger partial charge in [-0.2, -0.15) is 5.10 Å². The van der Waals surface area contributed by atoms with Crippen LogP contribution >= 0.6 is 0 Å². The van der Waals surface area contributed by atoms with E-state index in [0.717, 1.165) is 0 Å². The van der Waals surface area contributed by atoms with Gasteiger partial charge in [0.15, 0.2) is 0 Å². The molecule has 0 aliphatic carbocycles. The van der Waals surface area contributed by atoms with E-state index in [0.29, 0.717) is 22.9 Å². The van der Waals surface area contributed by atoms with Crippen LogP contribution in [0, 0.1) is 6.92 Å². The molecule has 8 heteroatoms. The molecule has 0 saturated heterocycles. The molecule has 0 bridgehead atoms. The van der Waals surface area contributed by atoms with Gasteiger partial charge < -0.3 is 4.42 Å². The molecule has 0 aliphatic rings. The second-order valence-electron chi connectivity index (χ2n) is 4.40. The minimum absolute atomic E-state index is 0.0693. The number of aromatic amines is 1. The normalized spacial score (nSPS) is 11.5. The van der Waals surface area contributed by atoms with Crippen LogP contribution in [0.15, 0.2) is 52.2 Å². The van der Waals surface area contributed by atoms with E-state index in [1.807, 2.05) is 0 Å². The summed E-state index contributed by atoms with van der Waals surface area (Å²) < 4.78 is 32.1. The third-order valence-electron chi connectivity index (χ3n) is 2.77. The Morgan fingerprint density at radius 1 is 1.29 bits per heavy atom. The molecule has 1 aromatic carbocycles. The van der Waals surface area contributed by atoms with Crippen molar-refractivity contribution in [3.63, 3.8) is 0 Å². The molecule has 3 rings (SSSR count). The summed E-state index contributed by atoms with van der Waals surface area (Å²) in [4.78, 5) is 4.18. The fourth-order valence-corrected chi connectivity index (χ4v) is 2.76. The van der Waals surface area contributed by atoms with Gasteiger partial charge in [-0.15, -0.1) is 0 Å². The number of aryl methyl sites for hydroxylation is 1. The van der Waals surface area contributed by atoms with Gasteiger partial charge in [-0.05, 0) is 25.1 Å². The lowest BCUT2D eigenvalue weighted by atomic mass is 10.2. The van der Waals surface area contributed by atoms with E-state index in [9.17, 15) is 8.42 Å². The Morgan fingerprint density at radius 3 is 2.81 bits per heavy atom. The Labute approximate surface area is 121 Å². The SMILES string of the molecule is Cc1cnc(-c2cccc(NS(=O)(=O)c3cn[nH]c3)c2)o1. The van der Waals surface area contributed by atoms with Crippen LogP contribution in [0.3, 0.4) is 0 Å². The Kier molecular flexibility index (Phi) is 3.22. The highest BCUT2D eigenvalue weighted by molar-refractivity contribution is 7.92. The first-order chi connectivity index (χ1) is 10.0. The highest BCUT2D eigenvalue weighted by Gasteiger charge is 2.15. The smallest absolute Gasteiger partial charge is 0.265 e. The van der Waals surface area contributed by atoms with Crippen LogP contribution in [-0.4, -0.2) is 23.6 Å². The molecule has 0 amide bonds. The zero-order chi connectivity index (χ0) is 14.9. The molecular weight excluding hydrogens is 292 g/mol. The first kappa shape index (κ1) is 13.4. The van der Waals surface area contributed by atoms with Crippen molar-refractivity contribution in [2.24, 2.45) is 0 Å². The third kappa shape index (κ3) is 2.79. The lowest BCUT2D eigenvalue weighted by Gasteiger charge is -2.06. The van der Waals surface area contributed by atoms with Crippen LogP contribution in [0.5, 0.6) is 0 Å². The zero-order valence-electron chi connectivity index (χ0n) is 11.1. The molecular formula is C13H12N4O3S. The number of anilines is 1. The maximum Gasteiger partial charge on any atom is 0.265 e. The largest absolute Gasteiger partial charge is 0.441 e. The van der Waals surface area contributed by atoms with Gasteiger partial charge in [-0.25, -0.2) is 13.4 Å². The second-order valence-corrected chi connectivity index (χ2v) is 6.08. The molecule has 0 atom stereocenters. The van der Waals surface area contributed by atoms with Crippen LogP contribution in [-0.2, 0) is 10.0 Å². The molecule has 0 radical (unpaired) electrons. The number of aromatic nitrogens is 3. The van der Waals surface area contributed by atoms with E-state index < -0.39 is 10.0 Å². The first-order valence-electron chi connectivity index (χ1n) is 6.09. The molecule has 0 spiro atoms. The van der Waals surface area contributed by atoms with Gasteiger partial charge in [0, 0.05) is 17.4 Å². The van der Waals surface area contributed by atoms with Crippen molar-refractivity contribution >= 4 is 15.7 Å². The monoisotopic (exact) mass is 304 g/mol. The number of H-pyrrole nitrogens is 1. The summed E-state index contributed by atoms with van der Waals surface area (Å²) in [5, 5.41) is 6.10. The van der Waals surface area contributed by atoms with Gasteiger partial charge in [-0.3, -0.25) is 9.82 Å². The molecule has 0 unspecified atom stereocenters. The number of rotatable bonds is 4. The standard InChI is InChI=1S/C13H12N4O3S/c1-9-6-14-13(20-9)10-3-2-4-11(5-10)17-21(18,19)12-7-15-16-8-12/h2-8,17H,1H3,(H,15,16). The summed E-state index contributed by atoms with van der Waals surface area (Å²) in [6.45, 7) is 1.79. The van der Waals surface area contributed by atoms with Gasteiger partial charge in [-0.1, -0.05) is 6.07 Å². The minimum atomic E-state index is -3.66. The molecule has 3 aromatic rings. The third-order valence-corrected chi connectivity index (χ3v) is 4.11. The Bertz CT molecular complexity index is 853. The number of nitrogens with zero attached hydrogens (tertiary/aromatic N) is 2. The molecule has 7 nitrogen and oxygen atoms in total. The highest BCUT2D eigenvalue weighted by atomic mass is 32.2. The van der Waals surface area contributed by atoms with Gasteiger partial charge in [0.1, 0.15) is 10.7 Å². The average molecular weight is 304 g/mol. The van der Waals surface area contributed by atoms with Crippen molar-refractivity contribution < 1.29 is 12.8 Å². The predicted octanol–water partition coefficient (Wildman–Crippen LogP) is 2.17. The molecule has 0 fully saturated rings. The van der Waals surface area contributed by atoms with Crippen molar-refractivity contribution in [1.29, 1.82) is 0 Å². The Balaban J connectivity index is 1.91. The van der Waals surface area contributed by atoms with Gasteiger partial charge in [0.05, 0.1) is 12.4 Å². The molecule has 2 aromatic heterocycles. The maximum atomic E-state index is 12.1. The van der Waals surface area contributed by atoms with E-state index >= 15 is 0 Å². The molecule has 21 heavy (non-hydrogen) atoms. The van der Waals surface area contributed by atoms with Crippen LogP contribution in [0.2, 0.25) is 0 Å². The van der Waals surface area contributed by atoms with Crippen molar-refractivity contribution in [2.75, 3.05) is 4.72 Å². The fraction of sp³-hybridized carbons (Fsp3) is 0.0769. The van der Waals surface area contributed by atoms with Gasteiger partial charge >= 0.3 is 0 Å². The zero-order valence-corrected chi connectivity index (χ0v) is 11.9. The fourth-order valence-electron chi connectivity index (χ4n) is 1.80. The summed E-state index contributed by atoms with van der Waals surface area (Å²) in [5.74, 6) is 1.13. The van der Waals surface area contributed by atoms with E-state index in [-0.39, 0.29) is 4.90 Å².